The second-order valence-electron chi connectivity index (χ2n) is 10.00. The first-order valence-electron chi connectivity index (χ1n) is 11.8. The van der Waals surface area contributed by atoms with Crippen LogP contribution in [0.15, 0.2) is 42.9 Å². The van der Waals surface area contributed by atoms with Gasteiger partial charge in [-0.3, -0.25) is 9.78 Å². The number of halogens is 1. The van der Waals surface area contributed by atoms with Gasteiger partial charge in [0.05, 0.1) is 33.9 Å². The van der Waals surface area contributed by atoms with E-state index < -0.39 is 21.1 Å². The predicted molar refractivity (Wildman–Crippen MR) is 129 cm³/mol. The molecule has 3 aromatic rings. The molecule has 0 atom stereocenters. The number of carbonyl (C=O) groups excluding carboxylic acids is 1. The SMILES string of the molecule is CC(C)(C(=O)Cc1ccc(-c2cncc(C3CC3)n2)cc1F)c1ccnc(CS(=O)(=O)C2CC2)n1. The molecule has 1 aromatic carbocycles. The number of hydrogen-bond donors (Lipinski definition) is 0. The maximum absolute atomic E-state index is 15.0. The maximum Gasteiger partial charge on any atom is 0.160 e. The Morgan fingerprint density at radius 3 is 2.54 bits per heavy atom. The molecular weight excluding hydrogens is 467 g/mol. The van der Waals surface area contributed by atoms with Crippen molar-refractivity contribution < 1.29 is 17.6 Å². The highest BCUT2D eigenvalue weighted by molar-refractivity contribution is 7.91. The molecule has 182 valence electrons. The standard InChI is InChI=1S/C26H27FN4O3S/c1-26(2,23-9-10-29-25(31-23)15-35(33,34)19-7-8-19)24(32)12-17-5-6-18(11-20(17)27)22-14-28-13-21(30-22)16-3-4-16/h5-6,9-11,13-14,16,19H,3-4,7-8,12,15H2,1-2H3. The molecule has 2 saturated carbocycles. The normalized spacial score (nSPS) is 16.3. The number of ketones is 1. The van der Waals surface area contributed by atoms with Crippen molar-refractivity contribution in [2.24, 2.45) is 0 Å². The minimum absolute atomic E-state index is 0.118. The van der Waals surface area contributed by atoms with E-state index in [0.717, 1.165) is 18.5 Å². The number of Topliss-reactive ketones (excluding diaryl/α,β-unsaturated/α-hetero) is 1. The van der Waals surface area contributed by atoms with Gasteiger partial charge >= 0.3 is 0 Å². The zero-order chi connectivity index (χ0) is 24.8. The van der Waals surface area contributed by atoms with Gasteiger partial charge in [-0.25, -0.2) is 27.8 Å². The lowest BCUT2D eigenvalue weighted by Gasteiger charge is -2.23. The fourth-order valence-electron chi connectivity index (χ4n) is 4.02. The number of nitrogens with zero attached hydrogens (tertiary/aromatic N) is 4. The van der Waals surface area contributed by atoms with Gasteiger partial charge in [-0.1, -0.05) is 12.1 Å². The smallest absolute Gasteiger partial charge is 0.160 e. The number of carbonyl (C=O) groups is 1. The fourth-order valence-corrected chi connectivity index (χ4v) is 5.61. The molecule has 0 spiro atoms. The van der Waals surface area contributed by atoms with Gasteiger partial charge in [-0.15, -0.1) is 0 Å². The minimum atomic E-state index is -3.28. The van der Waals surface area contributed by atoms with Gasteiger partial charge in [0.15, 0.2) is 9.84 Å². The number of aromatic nitrogens is 4. The second kappa shape index (κ2) is 8.86. The number of rotatable bonds is 9. The highest BCUT2D eigenvalue weighted by Crippen LogP contribution is 2.39. The molecule has 2 aliphatic carbocycles. The monoisotopic (exact) mass is 494 g/mol. The Morgan fingerprint density at radius 2 is 1.86 bits per heavy atom. The van der Waals surface area contributed by atoms with E-state index in [1.165, 1.54) is 12.3 Å². The van der Waals surface area contributed by atoms with Crippen molar-refractivity contribution in [1.82, 2.24) is 19.9 Å². The van der Waals surface area contributed by atoms with E-state index in [-0.39, 0.29) is 34.6 Å². The third kappa shape index (κ3) is 5.15. The van der Waals surface area contributed by atoms with E-state index in [2.05, 4.69) is 19.9 Å². The summed E-state index contributed by atoms with van der Waals surface area (Å²) in [6, 6.07) is 6.36. The average Bonchev–Trinajstić information content (AvgIpc) is 3.72. The molecular formula is C26H27FN4O3S. The van der Waals surface area contributed by atoms with Crippen molar-refractivity contribution in [2.75, 3.05) is 0 Å². The molecule has 2 fully saturated rings. The van der Waals surface area contributed by atoms with Crippen LogP contribution in [0.1, 0.15) is 68.2 Å². The second-order valence-corrected chi connectivity index (χ2v) is 12.3. The van der Waals surface area contributed by atoms with Crippen LogP contribution < -0.4 is 0 Å². The Hall–Kier alpha value is -3.07. The van der Waals surface area contributed by atoms with Crippen LogP contribution in [0.4, 0.5) is 4.39 Å². The first-order valence-corrected chi connectivity index (χ1v) is 13.5. The summed E-state index contributed by atoms with van der Waals surface area (Å²) >= 11 is 0. The summed E-state index contributed by atoms with van der Waals surface area (Å²) in [5.41, 5.74) is 1.81. The molecule has 5 rings (SSSR count). The van der Waals surface area contributed by atoms with E-state index in [0.29, 0.717) is 35.7 Å². The molecule has 0 radical (unpaired) electrons. The Bertz CT molecular complexity index is 1400. The molecule has 7 nitrogen and oxygen atoms in total. The topological polar surface area (TPSA) is 103 Å². The Balaban J connectivity index is 1.32. The van der Waals surface area contributed by atoms with Crippen LogP contribution in [0.25, 0.3) is 11.3 Å². The van der Waals surface area contributed by atoms with E-state index >= 15 is 0 Å². The lowest BCUT2D eigenvalue weighted by Crippen LogP contribution is -2.32. The summed E-state index contributed by atoms with van der Waals surface area (Å²) in [5, 5.41) is -0.308. The summed E-state index contributed by atoms with van der Waals surface area (Å²) in [5.74, 6) is -0.321. The van der Waals surface area contributed by atoms with Crippen LogP contribution in [-0.4, -0.2) is 39.4 Å². The first-order chi connectivity index (χ1) is 16.6. The molecule has 0 N–H and O–H groups in total. The Morgan fingerprint density at radius 1 is 1.09 bits per heavy atom. The van der Waals surface area contributed by atoms with Crippen LogP contribution in [-0.2, 0) is 32.2 Å². The quantitative estimate of drug-likeness (QED) is 0.441. The zero-order valence-electron chi connectivity index (χ0n) is 19.7. The number of sulfone groups is 1. The fraction of sp³-hybridized carbons (Fsp3) is 0.423. The van der Waals surface area contributed by atoms with Gasteiger partial charge in [0.2, 0.25) is 0 Å². The highest BCUT2D eigenvalue weighted by Gasteiger charge is 2.37. The van der Waals surface area contributed by atoms with Crippen LogP contribution in [0.2, 0.25) is 0 Å². The lowest BCUT2D eigenvalue weighted by atomic mass is 9.81. The molecule has 2 aromatic heterocycles. The van der Waals surface area contributed by atoms with E-state index in [9.17, 15) is 17.6 Å². The molecule has 0 aliphatic heterocycles. The van der Waals surface area contributed by atoms with Crippen molar-refractivity contribution in [3.63, 3.8) is 0 Å². The van der Waals surface area contributed by atoms with Crippen molar-refractivity contribution >= 4 is 15.6 Å². The minimum Gasteiger partial charge on any atom is -0.298 e. The molecule has 35 heavy (non-hydrogen) atoms. The molecule has 0 saturated heterocycles. The number of benzene rings is 1. The average molecular weight is 495 g/mol. The lowest BCUT2D eigenvalue weighted by molar-refractivity contribution is -0.123. The molecule has 0 bridgehead atoms. The van der Waals surface area contributed by atoms with Crippen molar-refractivity contribution in [3.8, 4) is 11.3 Å². The van der Waals surface area contributed by atoms with E-state index in [1.54, 1.807) is 44.4 Å². The van der Waals surface area contributed by atoms with Gasteiger partial charge in [0.25, 0.3) is 0 Å². The molecule has 9 heteroatoms. The van der Waals surface area contributed by atoms with Gasteiger partial charge < -0.3 is 0 Å². The zero-order valence-corrected chi connectivity index (χ0v) is 20.6. The third-order valence-electron chi connectivity index (χ3n) is 6.75. The van der Waals surface area contributed by atoms with Crippen LogP contribution >= 0.6 is 0 Å². The summed E-state index contributed by atoms with van der Waals surface area (Å²) in [7, 11) is -3.28. The maximum atomic E-state index is 15.0. The summed E-state index contributed by atoms with van der Waals surface area (Å²) in [4.78, 5) is 30.5. The third-order valence-corrected chi connectivity index (χ3v) is 8.90. The van der Waals surface area contributed by atoms with E-state index in [1.807, 2.05) is 0 Å². The van der Waals surface area contributed by atoms with Gasteiger partial charge in [-0.05, 0) is 57.2 Å². The first kappa shape index (κ1) is 23.7. The molecule has 0 amide bonds. The summed E-state index contributed by atoms with van der Waals surface area (Å²) in [6.45, 7) is 3.42. The van der Waals surface area contributed by atoms with Crippen LogP contribution in [0, 0.1) is 5.82 Å². The Kier molecular flexibility index (Phi) is 5.99. The summed E-state index contributed by atoms with van der Waals surface area (Å²) in [6.07, 6.45) is 8.29. The van der Waals surface area contributed by atoms with Gasteiger partial charge in [0.1, 0.15) is 23.2 Å². The van der Waals surface area contributed by atoms with Crippen molar-refractivity contribution in [2.45, 2.75) is 68.3 Å². The largest absolute Gasteiger partial charge is 0.298 e. The number of hydrogen-bond acceptors (Lipinski definition) is 7. The van der Waals surface area contributed by atoms with E-state index in [4.69, 9.17) is 0 Å². The van der Waals surface area contributed by atoms with Crippen molar-refractivity contribution in [1.29, 1.82) is 0 Å². The molecule has 2 aliphatic rings. The summed E-state index contributed by atoms with van der Waals surface area (Å²) < 4.78 is 39.6. The predicted octanol–water partition coefficient (Wildman–Crippen LogP) is 4.12. The van der Waals surface area contributed by atoms with Crippen molar-refractivity contribution in [3.05, 3.63) is 71.4 Å². The molecule has 2 heterocycles. The van der Waals surface area contributed by atoms with Crippen LogP contribution in [0.5, 0.6) is 0 Å². The molecule has 0 unspecified atom stereocenters. The van der Waals surface area contributed by atoms with Gasteiger partial charge in [0, 0.05) is 30.3 Å². The highest BCUT2D eigenvalue weighted by atomic mass is 32.2. The van der Waals surface area contributed by atoms with Gasteiger partial charge in [-0.2, -0.15) is 0 Å². The Labute approximate surface area is 204 Å². The van der Waals surface area contributed by atoms with Crippen LogP contribution in [0.3, 0.4) is 0 Å².